The van der Waals surface area contributed by atoms with Crippen LogP contribution in [0.5, 0.6) is 0 Å². The third-order valence-electron chi connectivity index (χ3n) is 0. The molecule has 10 heavy (non-hydrogen) atoms. The van der Waals surface area contributed by atoms with Crippen LogP contribution in [0.25, 0.3) is 0 Å². The summed E-state index contributed by atoms with van der Waals surface area (Å²) >= 11 is 0. The Kier molecular flexibility index (Phi) is 30.0. The predicted molar refractivity (Wildman–Crippen MR) is 17.6 cm³/mol. The average molecular weight is 202 g/mol. The molecule has 0 saturated carbocycles. The summed E-state index contributed by atoms with van der Waals surface area (Å²) in [5.41, 5.74) is 0. The van der Waals surface area contributed by atoms with Gasteiger partial charge in [0.25, 0.3) is 0 Å². The molecular formula is Na2O6SSi. The molecule has 0 N–H and O–H groups in total. The largest absolute Gasteiger partial charge is 1.00 e. The normalized spacial score (nSPS) is 6.60. The smallest absolute Gasteiger partial charge is 0.759 e. The van der Waals surface area contributed by atoms with E-state index < -0.39 is 19.7 Å². The van der Waals surface area contributed by atoms with E-state index in [0.29, 0.717) is 0 Å². The van der Waals surface area contributed by atoms with Gasteiger partial charge in [0.05, 0.1) is 0 Å². The minimum absolute atomic E-state index is 0. The molecule has 48 valence electrons. The summed E-state index contributed by atoms with van der Waals surface area (Å²) < 4.78 is 50.9. The van der Waals surface area contributed by atoms with Gasteiger partial charge in [-0.05, 0) is 0 Å². The van der Waals surface area contributed by atoms with E-state index in [0.717, 1.165) is 0 Å². The zero-order valence-electron chi connectivity index (χ0n) is 5.36. The summed E-state index contributed by atoms with van der Waals surface area (Å²) in [4.78, 5) is 0. The van der Waals surface area contributed by atoms with Crippen LogP contribution in [0.2, 0.25) is 0 Å². The fraction of sp³-hybridized carbons (Fsp3) is 0. The second-order valence-corrected chi connectivity index (χ2v) is 1.47. The zero-order chi connectivity index (χ0) is 7.21. The molecule has 6 nitrogen and oxygen atoms in total. The van der Waals surface area contributed by atoms with E-state index in [2.05, 4.69) is 0 Å². The van der Waals surface area contributed by atoms with Gasteiger partial charge in [-0.25, -0.2) is 0 Å². The van der Waals surface area contributed by atoms with Gasteiger partial charge in [-0.3, -0.25) is 17.3 Å². The molecule has 0 aromatic carbocycles. The Morgan fingerprint density at radius 1 is 1.00 bits per heavy atom. The van der Waals surface area contributed by atoms with Crippen LogP contribution in [-0.4, -0.2) is 26.8 Å². The number of rotatable bonds is 0. The van der Waals surface area contributed by atoms with E-state index in [1.165, 1.54) is 0 Å². The summed E-state index contributed by atoms with van der Waals surface area (Å²) in [6, 6.07) is 0. The quantitative estimate of drug-likeness (QED) is 0.219. The van der Waals surface area contributed by atoms with Crippen molar-refractivity contribution in [3.05, 3.63) is 0 Å². The first-order valence-corrected chi connectivity index (χ1v) is 3.22. The molecule has 0 bridgehead atoms. The van der Waals surface area contributed by atoms with Crippen molar-refractivity contribution in [2.45, 2.75) is 0 Å². The fourth-order valence-corrected chi connectivity index (χ4v) is 0. The molecule has 0 unspecified atom stereocenters. The first-order chi connectivity index (χ1) is 3.41. The van der Waals surface area contributed by atoms with Crippen molar-refractivity contribution < 1.29 is 85.6 Å². The number of hydrogen-bond donors (Lipinski definition) is 0. The van der Waals surface area contributed by atoms with Crippen molar-refractivity contribution in [1.29, 1.82) is 0 Å². The van der Waals surface area contributed by atoms with Gasteiger partial charge in [-0.1, -0.05) is 0 Å². The Bertz CT molecular complexity index is 156. The van der Waals surface area contributed by atoms with Gasteiger partial charge in [-0.15, -0.1) is 0 Å². The van der Waals surface area contributed by atoms with Gasteiger partial charge in [0.15, 0.2) is 0 Å². The van der Waals surface area contributed by atoms with Crippen molar-refractivity contribution in [1.82, 2.24) is 0 Å². The van der Waals surface area contributed by atoms with Gasteiger partial charge in [0.1, 0.15) is 0 Å². The maximum Gasteiger partial charge on any atom is 1.00 e. The van der Waals surface area contributed by atoms with Crippen LogP contribution in [0, 0.1) is 0 Å². The van der Waals surface area contributed by atoms with E-state index in [1.807, 2.05) is 0 Å². The Hall–Kier alpha value is 1.69. The molecule has 0 aromatic rings. The van der Waals surface area contributed by atoms with Crippen LogP contribution < -0.4 is 59.1 Å². The summed E-state index contributed by atoms with van der Waals surface area (Å²) in [6.07, 6.45) is 0. The molecule has 0 atom stereocenters. The second-order valence-electron chi connectivity index (χ2n) is 0.492. The maximum absolute atomic E-state index is 8.52. The first kappa shape index (κ1) is 22.6. The molecule has 0 fully saturated rings. The van der Waals surface area contributed by atoms with Crippen LogP contribution >= 0.6 is 0 Å². The van der Waals surface area contributed by atoms with Crippen LogP contribution in [0.1, 0.15) is 0 Å². The van der Waals surface area contributed by atoms with Crippen molar-refractivity contribution in [2.24, 2.45) is 0 Å². The van der Waals surface area contributed by atoms with E-state index >= 15 is 0 Å². The minimum atomic E-state index is -5.17. The molecule has 0 saturated heterocycles. The molecule has 0 amide bonds. The van der Waals surface area contributed by atoms with Crippen molar-refractivity contribution in [3.8, 4) is 0 Å². The minimum Gasteiger partial charge on any atom is -0.759 e. The predicted octanol–water partition coefficient (Wildman–Crippen LogP) is -7.95. The van der Waals surface area contributed by atoms with Gasteiger partial charge in [0, 0.05) is 10.4 Å². The summed E-state index contributed by atoms with van der Waals surface area (Å²) in [5.74, 6) is 0. The van der Waals surface area contributed by atoms with Gasteiger partial charge in [0.2, 0.25) is 0 Å². The number of hydrogen-bond acceptors (Lipinski definition) is 6. The van der Waals surface area contributed by atoms with E-state index in [1.54, 1.807) is 0 Å². The molecule has 0 radical (unpaired) electrons. The Morgan fingerprint density at radius 3 is 1.00 bits per heavy atom. The average Bonchev–Trinajstić information content (AvgIpc) is 1.27. The molecule has 0 aliphatic carbocycles. The summed E-state index contributed by atoms with van der Waals surface area (Å²) in [5, 5.41) is 0. The Balaban J connectivity index is -0.0000000326. The van der Waals surface area contributed by atoms with Crippen LogP contribution in [-0.2, 0) is 19.3 Å². The molecule has 10 heteroatoms. The van der Waals surface area contributed by atoms with Crippen LogP contribution in [0.3, 0.4) is 0 Å². The van der Waals surface area contributed by atoms with E-state index in [4.69, 9.17) is 26.4 Å². The second kappa shape index (κ2) is 13.3. The molecule has 0 aliphatic heterocycles. The molecule has 0 aliphatic rings. The van der Waals surface area contributed by atoms with E-state index in [-0.39, 0.29) is 59.1 Å². The third-order valence-corrected chi connectivity index (χ3v) is 0. The summed E-state index contributed by atoms with van der Waals surface area (Å²) in [7, 11) is -6.58. The molecular weight excluding hydrogens is 202 g/mol. The van der Waals surface area contributed by atoms with E-state index in [9.17, 15) is 0 Å². The van der Waals surface area contributed by atoms with Crippen molar-refractivity contribution >= 4 is 19.7 Å². The molecule has 0 aromatic heterocycles. The summed E-state index contributed by atoms with van der Waals surface area (Å²) in [6.45, 7) is 0. The monoisotopic (exact) mass is 202 g/mol. The third kappa shape index (κ3) is 257. The van der Waals surface area contributed by atoms with Crippen molar-refractivity contribution in [2.75, 3.05) is 0 Å². The van der Waals surface area contributed by atoms with Gasteiger partial charge >= 0.3 is 68.4 Å². The zero-order valence-corrected chi connectivity index (χ0v) is 11.2. The Morgan fingerprint density at radius 2 is 1.00 bits per heavy atom. The van der Waals surface area contributed by atoms with Crippen molar-refractivity contribution in [3.63, 3.8) is 0 Å². The standard InChI is InChI=1S/2Na.H2O4S.O2Si/c;;1-5(2,3)4;1-3-2/h;;(H2,1,2,3,4);/q2*+1;;/p-2. The fourth-order valence-electron chi connectivity index (χ4n) is 0. The topological polar surface area (TPSA) is 114 Å². The van der Waals surface area contributed by atoms with Crippen LogP contribution in [0.4, 0.5) is 0 Å². The molecule has 0 heterocycles. The van der Waals surface area contributed by atoms with Gasteiger partial charge in [-0.2, -0.15) is 0 Å². The van der Waals surface area contributed by atoms with Gasteiger partial charge < -0.3 is 9.11 Å². The maximum atomic E-state index is 8.52. The van der Waals surface area contributed by atoms with Crippen LogP contribution in [0.15, 0.2) is 0 Å². The molecule has 0 rings (SSSR count). The first-order valence-electron chi connectivity index (χ1n) is 1.07. The SMILES string of the molecule is O=S(=O)([O-])[O-].O=[Si]=O.[Na+].[Na+]. The Labute approximate surface area is 104 Å². The molecule has 0 spiro atoms.